The first-order valence-electron chi connectivity index (χ1n) is 6.28. The number of carbonyl (C=O) groups is 1. The van der Waals surface area contributed by atoms with Crippen LogP contribution in [0.15, 0.2) is 18.8 Å². The van der Waals surface area contributed by atoms with Crippen LogP contribution in [0.3, 0.4) is 0 Å². The molecular weight excluding hydrogens is 226 g/mol. The van der Waals surface area contributed by atoms with E-state index in [4.69, 9.17) is 5.73 Å². The fourth-order valence-electron chi connectivity index (χ4n) is 2.24. The van der Waals surface area contributed by atoms with E-state index in [0.29, 0.717) is 17.3 Å². The molecule has 0 bridgehead atoms. The molecule has 0 atom stereocenters. The van der Waals surface area contributed by atoms with Crippen molar-refractivity contribution in [2.24, 2.45) is 5.92 Å². The minimum absolute atomic E-state index is 0.107. The van der Waals surface area contributed by atoms with Crippen LogP contribution in [0.5, 0.6) is 0 Å². The van der Waals surface area contributed by atoms with Crippen LogP contribution in [0.25, 0.3) is 5.70 Å². The van der Waals surface area contributed by atoms with Gasteiger partial charge in [0.05, 0.1) is 5.56 Å². The Balaban J connectivity index is 2.16. The lowest BCUT2D eigenvalue weighted by Gasteiger charge is -2.26. The van der Waals surface area contributed by atoms with Gasteiger partial charge in [0.1, 0.15) is 5.82 Å². The first kappa shape index (κ1) is 12.7. The second-order valence-corrected chi connectivity index (χ2v) is 5.67. The summed E-state index contributed by atoms with van der Waals surface area (Å²) in [5.41, 5.74) is 7.12. The fraction of sp³-hybridized carbons (Fsp3) is 0.500. The standard InChI is InChI=1S/C14H21N3O/c1-9(2)17-8-7-11(12(17)15)13(18)16-14(3,4)10-5-6-10/h7-8,10H,1,5-6,15H2,2-4H3,(H,16,18). The second-order valence-electron chi connectivity index (χ2n) is 5.67. The molecule has 18 heavy (non-hydrogen) atoms. The van der Waals surface area contributed by atoms with Crippen LogP contribution in [-0.4, -0.2) is 16.0 Å². The number of allylic oxidation sites excluding steroid dienone is 1. The summed E-state index contributed by atoms with van der Waals surface area (Å²) >= 11 is 0. The van der Waals surface area contributed by atoms with Gasteiger partial charge in [-0.2, -0.15) is 0 Å². The van der Waals surface area contributed by atoms with Gasteiger partial charge in [-0.05, 0) is 45.6 Å². The maximum absolute atomic E-state index is 12.2. The summed E-state index contributed by atoms with van der Waals surface area (Å²) in [6.07, 6.45) is 4.15. The lowest BCUT2D eigenvalue weighted by Crippen LogP contribution is -2.45. The van der Waals surface area contributed by atoms with Gasteiger partial charge in [-0.15, -0.1) is 0 Å². The molecule has 0 spiro atoms. The summed E-state index contributed by atoms with van der Waals surface area (Å²) in [4.78, 5) is 12.2. The largest absolute Gasteiger partial charge is 0.384 e. The van der Waals surface area contributed by atoms with E-state index in [9.17, 15) is 4.79 Å². The van der Waals surface area contributed by atoms with Gasteiger partial charge in [-0.1, -0.05) is 6.58 Å². The Morgan fingerprint density at radius 2 is 2.17 bits per heavy atom. The lowest BCUT2D eigenvalue weighted by molar-refractivity contribution is 0.0904. The van der Waals surface area contributed by atoms with Gasteiger partial charge in [-0.25, -0.2) is 0 Å². The van der Waals surface area contributed by atoms with Crippen molar-refractivity contribution in [3.63, 3.8) is 0 Å². The number of nitrogens with zero attached hydrogens (tertiary/aromatic N) is 1. The summed E-state index contributed by atoms with van der Waals surface area (Å²) in [6, 6.07) is 1.74. The summed E-state index contributed by atoms with van der Waals surface area (Å²) in [5, 5.41) is 3.07. The van der Waals surface area contributed by atoms with Crippen LogP contribution in [0.4, 0.5) is 5.82 Å². The number of aromatic nitrogens is 1. The smallest absolute Gasteiger partial charge is 0.255 e. The topological polar surface area (TPSA) is 60.0 Å². The second kappa shape index (κ2) is 4.19. The molecule has 1 amide bonds. The van der Waals surface area contributed by atoms with E-state index in [1.807, 2.05) is 6.92 Å². The Morgan fingerprint density at radius 3 is 2.61 bits per heavy atom. The molecule has 0 saturated heterocycles. The highest BCUT2D eigenvalue weighted by Gasteiger charge is 2.39. The molecule has 1 aliphatic carbocycles. The maximum atomic E-state index is 12.2. The van der Waals surface area contributed by atoms with Gasteiger partial charge in [0.25, 0.3) is 5.91 Å². The molecule has 3 N–H and O–H groups in total. The van der Waals surface area contributed by atoms with Crippen LogP contribution in [0, 0.1) is 5.92 Å². The summed E-state index contributed by atoms with van der Waals surface area (Å²) in [7, 11) is 0. The molecule has 1 heterocycles. The third-order valence-corrected chi connectivity index (χ3v) is 3.62. The molecule has 1 aliphatic rings. The molecule has 4 heteroatoms. The molecule has 0 aromatic carbocycles. The van der Waals surface area contributed by atoms with E-state index in [1.165, 1.54) is 12.8 Å². The SMILES string of the molecule is C=C(C)n1ccc(C(=O)NC(C)(C)C2CC2)c1N. The zero-order valence-electron chi connectivity index (χ0n) is 11.3. The molecule has 2 rings (SSSR count). The predicted octanol–water partition coefficient (Wildman–Crippen LogP) is 2.48. The molecule has 1 aromatic rings. The third kappa shape index (κ3) is 2.28. The van der Waals surface area contributed by atoms with Gasteiger partial charge < -0.3 is 15.6 Å². The number of hydrogen-bond acceptors (Lipinski definition) is 2. The van der Waals surface area contributed by atoms with E-state index < -0.39 is 0 Å². The van der Waals surface area contributed by atoms with E-state index in [2.05, 4.69) is 25.7 Å². The van der Waals surface area contributed by atoms with Crippen LogP contribution in [-0.2, 0) is 0 Å². The van der Waals surface area contributed by atoms with Gasteiger partial charge in [0.2, 0.25) is 0 Å². The van der Waals surface area contributed by atoms with Crippen molar-refractivity contribution in [1.82, 2.24) is 9.88 Å². The van der Waals surface area contributed by atoms with Crippen molar-refractivity contribution in [3.05, 3.63) is 24.4 Å². The normalized spacial score (nSPS) is 15.5. The number of nitrogens with two attached hydrogens (primary N) is 1. The molecule has 1 saturated carbocycles. The van der Waals surface area contributed by atoms with E-state index in [-0.39, 0.29) is 11.4 Å². The Morgan fingerprint density at radius 1 is 1.56 bits per heavy atom. The van der Waals surface area contributed by atoms with Crippen LogP contribution >= 0.6 is 0 Å². The number of amides is 1. The van der Waals surface area contributed by atoms with E-state index >= 15 is 0 Å². The van der Waals surface area contributed by atoms with Crippen molar-refractivity contribution in [2.45, 2.75) is 39.2 Å². The molecule has 1 aromatic heterocycles. The molecule has 0 unspecified atom stereocenters. The predicted molar refractivity (Wildman–Crippen MR) is 74.1 cm³/mol. The molecular formula is C14H21N3O. The van der Waals surface area contributed by atoms with Crippen molar-refractivity contribution in [2.75, 3.05) is 5.73 Å². The summed E-state index contributed by atoms with van der Waals surface area (Å²) < 4.78 is 1.72. The monoisotopic (exact) mass is 247 g/mol. The highest BCUT2D eigenvalue weighted by Crippen LogP contribution is 2.39. The molecule has 98 valence electrons. The van der Waals surface area contributed by atoms with Crippen molar-refractivity contribution < 1.29 is 4.79 Å². The molecule has 4 nitrogen and oxygen atoms in total. The highest BCUT2D eigenvalue weighted by molar-refractivity contribution is 5.99. The number of anilines is 1. The van der Waals surface area contributed by atoms with Crippen LogP contribution in [0.1, 0.15) is 44.0 Å². The van der Waals surface area contributed by atoms with Crippen molar-refractivity contribution in [1.29, 1.82) is 0 Å². The summed E-state index contributed by atoms with van der Waals surface area (Å²) in [6.45, 7) is 9.80. The van der Waals surface area contributed by atoms with E-state index in [0.717, 1.165) is 5.70 Å². The number of nitrogens with one attached hydrogen (secondary N) is 1. The average Bonchev–Trinajstić information content (AvgIpc) is 3.01. The molecule has 1 fully saturated rings. The van der Waals surface area contributed by atoms with Crippen molar-refractivity contribution in [3.8, 4) is 0 Å². The Bertz CT molecular complexity index is 495. The van der Waals surface area contributed by atoms with Gasteiger partial charge >= 0.3 is 0 Å². The zero-order chi connectivity index (χ0) is 13.5. The quantitative estimate of drug-likeness (QED) is 0.858. The maximum Gasteiger partial charge on any atom is 0.255 e. The third-order valence-electron chi connectivity index (χ3n) is 3.62. The van der Waals surface area contributed by atoms with E-state index in [1.54, 1.807) is 16.8 Å². The summed E-state index contributed by atoms with van der Waals surface area (Å²) in [5.74, 6) is 0.932. The molecule has 0 aliphatic heterocycles. The Labute approximate surface area is 108 Å². The minimum atomic E-state index is -0.158. The Hall–Kier alpha value is -1.71. The first-order valence-corrected chi connectivity index (χ1v) is 6.28. The number of nitrogen functional groups attached to an aromatic ring is 1. The molecule has 0 radical (unpaired) electrons. The first-order chi connectivity index (χ1) is 8.33. The number of hydrogen-bond donors (Lipinski definition) is 2. The van der Waals surface area contributed by atoms with Crippen LogP contribution < -0.4 is 11.1 Å². The van der Waals surface area contributed by atoms with Gasteiger partial charge in [0.15, 0.2) is 0 Å². The Kier molecular flexibility index (Phi) is 2.97. The lowest BCUT2D eigenvalue weighted by atomic mass is 9.98. The average molecular weight is 247 g/mol. The highest BCUT2D eigenvalue weighted by atomic mass is 16.1. The fourth-order valence-corrected chi connectivity index (χ4v) is 2.24. The van der Waals surface area contributed by atoms with Gasteiger partial charge in [-0.3, -0.25) is 4.79 Å². The van der Waals surface area contributed by atoms with Crippen LogP contribution in [0.2, 0.25) is 0 Å². The minimum Gasteiger partial charge on any atom is -0.384 e. The zero-order valence-corrected chi connectivity index (χ0v) is 11.3. The number of carbonyl (C=O) groups excluding carboxylic acids is 1. The van der Waals surface area contributed by atoms with Gasteiger partial charge in [0, 0.05) is 17.4 Å². The van der Waals surface area contributed by atoms with Crippen molar-refractivity contribution >= 4 is 17.4 Å². The number of rotatable bonds is 4.